The van der Waals surface area contributed by atoms with E-state index in [1.165, 1.54) is 19.3 Å². The van der Waals surface area contributed by atoms with Crippen molar-refractivity contribution in [2.24, 2.45) is 0 Å². The molecule has 2 aromatic heterocycles. The van der Waals surface area contributed by atoms with Crippen LogP contribution in [0.15, 0.2) is 42.7 Å². The first-order valence-corrected chi connectivity index (χ1v) is 8.45. The van der Waals surface area contributed by atoms with Crippen LogP contribution in [0.1, 0.15) is 19.3 Å². The monoisotopic (exact) mass is 392 g/mol. The summed E-state index contributed by atoms with van der Waals surface area (Å²) in [6.45, 7) is 2.16. The Bertz CT molecular complexity index is 884. The summed E-state index contributed by atoms with van der Waals surface area (Å²) in [6.07, 6.45) is 7.75. The van der Waals surface area contributed by atoms with Gasteiger partial charge >= 0.3 is 6.15 Å². The van der Waals surface area contributed by atoms with Gasteiger partial charge in [0.05, 0.1) is 17.4 Å². The van der Waals surface area contributed by atoms with Crippen LogP contribution in [0.2, 0.25) is 5.02 Å². The largest absolute Gasteiger partial charge is 0.373 e. The molecule has 3 aromatic rings. The summed E-state index contributed by atoms with van der Waals surface area (Å²) in [5, 5.41) is 6.76. The van der Waals surface area contributed by atoms with Crippen LogP contribution in [-0.2, 0) is 9.59 Å². The van der Waals surface area contributed by atoms with E-state index < -0.39 is 0 Å². The summed E-state index contributed by atoms with van der Waals surface area (Å²) in [7, 11) is 0. The van der Waals surface area contributed by atoms with Gasteiger partial charge in [0.15, 0.2) is 5.82 Å². The van der Waals surface area contributed by atoms with Crippen LogP contribution in [0.4, 0.5) is 5.82 Å². The van der Waals surface area contributed by atoms with Crippen LogP contribution < -0.4 is 4.90 Å². The lowest BCUT2D eigenvalue weighted by Gasteiger charge is -2.26. The van der Waals surface area contributed by atoms with Crippen molar-refractivity contribution in [2.75, 3.05) is 18.0 Å². The summed E-state index contributed by atoms with van der Waals surface area (Å²) in [5.74, 6) is 1.06. The third-order valence-corrected chi connectivity index (χ3v) is 4.44. The van der Waals surface area contributed by atoms with Crippen molar-refractivity contribution in [3.05, 3.63) is 47.7 Å². The van der Waals surface area contributed by atoms with Gasteiger partial charge in [-0.15, -0.1) is 17.5 Å². The van der Waals surface area contributed by atoms with Gasteiger partial charge in [0.2, 0.25) is 0 Å². The highest BCUT2D eigenvalue weighted by Gasteiger charge is 2.19. The summed E-state index contributed by atoms with van der Waals surface area (Å²) >= 11 is 5.99. The standard InChI is InChI=1S/C17H17ClN4.CO2.ClH/c18-13-4-6-14(7-5-13)22-16-12-19-9-8-15(16)17(20-22)21-10-2-1-3-11-21;2-1-3;/h4-9,12H,1-3,10-11H2;;1H. The fourth-order valence-electron chi connectivity index (χ4n) is 3.06. The molecular weight excluding hydrogens is 375 g/mol. The molecule has 136 valence electrons. The van der Waals surface area contributed by atoms with Crippen molar-refractivity contribution in [3.63, 3.8) is 0 Å². The van der Waals surface area contributed by atoms with Crippen molar-refractivity contribution < 1.29 is 9.59 Å². The Morgan fingerprint density at radius 1 is 1.00 bits per heavy atom. The van der Waals surface area contributed by atoms with Crippen molar-refractivity contribution in [1.29, 1.82) is 0 Å². The van der Waals surface area contributed by atoms with Gasteiger partial charge in [-0.2, -0.15) is 9.59 Å². The van der Waals surface area contributed by atoms with Gasteiger partial charge in [0.1, 0.15) is 0 Å². The fourth-order valence-corrected chi connectivity index (χ4v) is 3.19. The molecule has 0 atom stereocenters. The summed E-state index contributed by atoms with van der Waals surface area (Å²) in [6, 6.07) is 9.81. The van der Waals surface area contributed by atoms with Gasteiger partial charge in [-0.25, -0.2) is 4.68 Å². The van der Waals surface area contributed by atoms with E-state index in [-0.39, 0.29) is 18.6 Å². The zero-order valence-electron chi connectivity index (χ0n) is 14.0. The van der Waals surface area contributed by atoms with E-state index >= 15 is 0 Å². The molecule has 0 bridgehead atoms. The number of rotatable bonds is 2. The molecule has 1 aliphatic heterocycles. The minimum absolute atomic E-state index is 0. The molecule has 0 radical (unpaired) electrons. The number of hydrogen-bond acceptors (Lipinski definition) is 5. The van der Waals surface area contributed by atoms with E-state index in [1.54, 1.807) is 0 Å². The van der Waals surface area contributed by atoms with E-state index in [4.69, 9.17) is 26.3 Å². The lowest BCUT2D eigenvalue weighted by atomic mass is 10.1. The molecule has 0 unspecified atom stereocenters. The zero-order valence-corrected chi connectivity index (χ0v) is 15.5. The lowest BCUT2D eigenvalue weighted by molar-refractivity contribution is -0.191. The molecule has 26 heavy (non-hydrogen) atoms. The third-order valence-electron chi connectivity index (χ3n) is 4.19. The van der Waals surface area contributed by atoms with Gasteiger partial charge in [-0.1, -0.05) is 11.6 Å². The predicted octanol–water partition coefficient (Wildman–Crippen LogP) is 3.90. The zero-order chi connectivity index (χ0) is 17.6. The molecule has 1 fully saturated rings. The Kier molecular flexibility index (Phi) is 7.16. The molecule has 3 heterocycles. The number of carbonyl (C=O) groups excluding carboxylic acids is 2. The number of benzene rings is 1. The number of fused-ring (bicyclic) bond motifs is 1. The van der Waals surface area contributed by atoms with E-state index in [9.17, 15) is 0 Å². The molecule has 4 rings (SSSR count). The second kappa shape index (κ2) is 9.34. The Hall–Kier alpha value is -2.40. The van der Waals surface area contributed by atoms with Crippen LogP contribution >= 0.6 is 24.0 Å². The van der Waals surface area contributed by atoms with E-state index in [0.717, 1.165) is 40.5 Å². The van der Waals surface area contributed by atoms with Crippen LogP contribution in [0.5, 0.6) is 0 Å². The van der Waals surface area contributed by atoms with Crippen LogP contribution in [-0.4, -0.2) is 34.0 Å². The van der Waals surface area contributed by atoms with E-state index in [0.29, 0.717) is 0 Å². The van der Waals surface area contributed by atoms with Crippen molar-refractivity contribution in [3.8, 4) is 5.69 Å². The van der Waals surface area contributed by atoms with Crippen LogP contribution in [0, 0.1) is 0 Å². The summed E-state index contributed by atoms with van der Waals surface area (Å²) in [5.41, 5.74) is 2.04. The minimum atomic E-state index is 0. The molecule has 8 heteroatoms. The van der Waals surface area contributed by atoms with Crippen molar-refractivity contribution in [2.45, 2.75) is 19.3 Å². The van der Waals surface area contributed by atoms with E-state index in [1.807, 2.05) is 41.3 Å². The van der Waals surface area contributed by atoms with Crippen molar-refractivity contribution >= 4 is 46.9 Å². The topological polar surface area (TPSA) is 68.1 Å². The highest BCUT2D eigenvalue weighted by molar-refractivity contribution is 6.30. The van der Waals surface area contributed by atoms with Crippen LogP contribution in [0.3, 0.4) is 0 Å². The number of hydrogen-bond donors (Lipinski definition) is 0. The second-order valence-corrected chi connectivity index (χ2v) is 6.17. The summed E-state index contributed by atoms with van der Waals surface area (Å²) < 4.78 is 1.96. The number of nitrogens with zero attached hydrogens (tertiary/aromatic N) is 4. The maximum Gasteiger partial charge on any atom is 0.373 e. The SMILES string of the molecule is Cl.Clc1ccc(-n2nc(N3CCCCC3)c3ccncc32)cc1.O=C=O. The second-order valence-electron chi connectivity index (χ2n) is 5.74. The molecule has 1 saturated heterocycles. The first-order chi connectivity index (χ1) is 12.2. The molecule has 1 aliphatic rings. The van der Waals surface area contributed by atoms with Gasteiger partial charge in [0, 0.05) is 29.7 Å². The van der Waals surface area contributed by atoms with Crippen LogP contribution in [0.25, 0.3) is 16.6 Å². The number of piperidine rings is 1. The van der Waals surface area contributed by atoms with Gasteiger partial charge < -0.3 is 4.90 Å². The Morgan fingerprint density at radius 3 is 2.31 bits per heavy atom. The number of aromatic nitrogens is 3. The number of halogens is 2. The molecule has 0 saturated carbocycles. The first kappa shape index (κ1) is 19.9. The molecule has 0 spiro atoms. The maximum atomic E-state index is 8.12. The highest BCUT2D eigenvalue weighted by Crippen LogP contribution is 2.29. The Morgan fingerprint density at radius 2 is 1.65 bits per heavy atom. The fraction of sp³-hybridized carbons (Fsp3) is 0.278. The summed E-state index contributed by atoms with van der Waals surface area (Å²) in [4.78, 5) is 22.9. The van der Waals surface area contributed by atoms with Gasteiger partial charge in [0.25, 0.3) is 0 Å². The smallest absolute Gasteiger partial charge is 0.355 e. The predicted molar refractivity (Wildman–Crippen MR) is 102 cm³/mol. The van der Waals surface area contributed by atoms with Crippen molar-refractivity contribution in [1.82, 2.24) is 14.8 Å². The molecule has 6 nitrogen and oxygen atoms in total. The van der Waals surface area contributed by atoms with Gasteiger partial charge in [-0.05, 0) is 49.6 Å². The molecule has 0 aliphatic carbocycles. The quantitative estimate of drug-likeness (QED) is 0.661. The molecule has 0 amide bonds. The maximum absolute atomic E-state index is 8.12. The molecule has 0 N–H and O–H groups in total. The number of pyridine rings is 1. The lowest BCUT2D eigenvalue weighted by Crippen LogP contribution is -2.29. The Labute approximate surface area is 162 Å². The first-order valence-electron chi connectivity index (χ1n) is 8.07. The normalized spacial score (nSPS) is 13.3. The molecular formula is C18H18Cl2N4O2. The Balaban J connectivity index is 0.000000570. The van der Waals surface area contributed by atoms with E-state index in [2.05, 4.69) is 16.0 Å². The number of anilines is 1. The third kappa shape index (κ3) is 4.22. The molecule has 1 aromatic carbocycles. The average molecular weight is 393 g/mol. The average Bonchev–Trinajstić information content (AvgIpc) is 3.04. The highest BCUT2D eigenvalue weighted by atomic mass is 35.5. The minimum Gasteiger partial charge on any atom is -0.355 e. The van der Waals surface area contributed by atoms with Gasteiger partial charge in [-0.3, -0.25) is 4.98 Å².